The molecule has 6 nitrogen and oxygen atoms in total. The third kappa shape index (κ3) is 2.80. The molecule has 1 aromatic rings. The Bertz CT molecular complexity index is 348. The molecule has 90 valence electrons. The molecule has 1 rings (SSSR count). The number of aliphatic hydroxyl groups is 2. The molecule has 0 amide bonds. The highest BCUT2D eigenvalue weighted by Crippen LogP contribution is 2.12. The second-order valence-corrected chi connectivity index (χ2v) is 3.42. The van der Waals surface area contributed by atoms with Crippen LogP contribution in [0.4, 0.5) is 0 Å². The van der Waals surface area contributed by atoms with E-state index in [0.717, 1.165) is 0 Å². The maximum absolute atomic E-state index is 11.3. The maximum Gasteiger partial charge on any atom is 0.358 e. The lowest BCUT2D eigenvalue weighted by Gasteiger charge is -2.18. The lowest BCUT2D eigenvalue weighted by atomic mass is 10.2. The van der Waals surface area contributed by atoms with Crippen molar-refractivity contribution < 1.29 is 19.7 Å². The minimum absolute atomic E-state index is 0.168. The number of nitrogens with zero attached hydrogens (tertiary/aromatic N) is 2. The first kappa shape index (κ1) is 12.7. The summed E-state index contributed by atoms with van der Waals surface area (Å²) in [6, 6.07) is -0.504. The lowest BCUT2D eigenvalue weighted by Crippen LogP contribution is -2.23. The Morgan fingerprint density at radius 2 is 2.38 bits per heavy atom. The third-order valence-electron chi connectivity index (χ3n) is 2.21. The summed E-state index contributed by atoms with van der Waals surface area (Å²) in [7, 11) is 0. The number of carbonyl (C=O) groups is 1. The number of imidazole rings is 1. The van der Waals surface area contributed by atoms with Crippen molar-refractivity contribution in [3.63, 3.8) is 0 Å². The number of aliphatic hydroxyl groups excluding tert-OH is 2. The van der Waals surface area contributed by atoms with Gasteiger partial charge in [0, 0.05) is 6.20 Å². The number of rotatable bonds is 5. The predicted molar refractivity (Wildman–Crippen MR) is 56.0 cm³/mol. The van der Waals surface area contributed by atoms with Gasteiger partial charge in [0.25, 0.3) is 0 Å². The molecule has 2 N–H and O–H groups in total. The minimum Gasteiger partial charge on any atom is -0.461 e. The molecule has 0 aliphatic rings. The summed E-state index contributed by atoms with van der Waals surface area (Å²) in [5.74, 6) is -0.511. The largest absolute Gasteiger partial charge is 0.461 e. The van der Waals surface area contributed by atoms with Crippen molar-refractivity contribution in [2.24, 2.45) is 0 Å². The highest BCUT2D eigenvalue weighted by Gasteiger charge is 2.18. The highest BCUT2D eigenvalue weighted by molar-refractivity contribution is 5.86. The van der Waals surface area contributed by atoms with Gasteiger partial charge in [-0.25, -0.2) is 9.78 Å². The summed E-state index contributed by atoms with van der Waals surface area (Å²) in [4.78, 5) is 15.2. The fourth-order valence-electron chi connectivity index (χ4n) is 1.32. The fraction of sp³-hybridized carbons (Fsp3) is 0.600. The summed E-state index contributed by atoms with van der Waals surface area (Å²) >= 11 is 0. The molecule has 0 bridgehead atoms. The Hall–Kier alpha value is -1.40. The van der Waals surface area contributed by atoms with E-state index in [9.17, 15) is 9.90 Å². The van der Waals surface area contributed by atoms with Crippen LogP contribution in [0.3, 0.4) is 0 Å². The van der Waals surface area contributed by atoms with Crippen LogP contribution < -0.4 is 0 Å². The normalized spacial score (nSPS) is 14.5. The van der Waals surface area contributed by atoms with Gasteiger partial charge >= 0.3 is 5.97 Å². The van der Waals surface area contributed by atoms with E-state index in [0.29, 0.717) is 0 Å². The monoisotopic (exact) mass is 228 g/mol. The van der Waals surface area contributed by atoms with E-state index < -0.39 is 18.1 Å². The molecular formula is C10H16N2O4. The van der Waals surface area contributed by atoms with E-state index in [2.05, 4.69) is 4.98 Å². The average molecular weight is 228 g/mol. The van der Waals surface area contributed by atoms with Crippen LogP contribution in [-0.4, -0.2) is 45.1 Å². The van der Waals surface area contributed by atoms with Crippen LogP contribution in [0.25, 0.3) is 0 Å². The van der Waals surface area contributed by atoms with Crippen molar-refractivity contribution in [2.45, 2.75) is 26.0 Å². The van der Waals surface area contributed by atoms with E-state index in [1.165, 1.54) is 17.1 Å². The van der Waals surface area contributed by atoms with Crippen LogP contribution in [0, 0.1) is 0 Å². The zero-order chi connectivity index (χ0) is 12.1. The average Bonchev–Trinajstić information content (AvgIpc) is 2.68. The van der Waals surface area contributed by atoms with Crippen molar-refractivity contribution in [1.82, 2.24) is 9.55 Å². The first-order valence-corrected chi connectivity index (χ1v) is 5.09. The van der Waals surface area contributed by atoms with Gasteiger partial charge < -0.3 is 19.5 Å². The summed E-state index contributed by atoms with van der Waals surface area (Å²) in [5.41, 5.74) is 0.168. The van der Waals surface area contributed by atoms with Gasteiger partial charge in [-0.15, -0.1) is 0 Å². The number of carbonyl (C=O) groups excluding carboxylic acids is 1. The van der Waals surface area contributed by atoms with Crippen LogP contribution in [0.5, 0.6) is 0 Å². The van der Waals surface area contributed by atoms with E-state index in [-0.39, 0.29) is 18.9 Å². The molecular weight excluding hydrogens is 212 g/mol. The number of ether oxygens (including phenoxy) is 1. The molecule has 0 aromatic carbocycles. The van der Waals surface area contributed by atoms with Crippen LogP contribution in [0.15, 0.2) is 12.5 Å². The number of hydrogen-bond acceptors (Lipinski definition) is 5. The van der Waals surface area contributed by atoms with Crippen molar-refractivity contribution >= 4 is 5.97 Å². The maximum atomic E-state index is 11.3. The van der Waals surface area contributed by atoms with Crippen molar-refractivity contribution in [1.29, 1.82) is 0 Å². The molecule has 0 saturated heterocycles. The molecule has 2 atom stereocenters. The van der Waals surface area contributed by atoms with E-state index in [4.69, 9.17) is 9.84 Å². The molecule has 0 fully saturated rings. The Morgan fingerprint density at radius 1 is 1.69 bits per heavy atom. The smallest absolute Gasteiger partial charge is 0.358 e. The Labute approximate surface area is 93.5 Å². The molecule has 16 heavy (non-hydrogen) atoms. The van der Waals surface area contributed by atoms with Gasteiger partial charge in [-0.3, -0.25) is 0 Å². The van der Waals surface area contributed by atoms with Gasteiger partial charge in [0.1, 0.15) is 0 Å². The standard InChI is InChI=1S/C10H16N2O4/c1-3-16-10(15)8-4-12(6-11-8)9(5-13)7(2)14/h4,6-7,9,13-14H,3,5H2,1-2H3/t7-,9+/m0/s1. The van der Waals surface area contributed by atoms with E-state index in [1.54, 1.807) is 13.8 Å². The van der Waals surface area contributed by atoms with Gasteiger partial charge in [0.05, 0.1) is 31.7 Å². The lowest BCUT2D eigenvalue weighted by molar-refractivity contribution is 0.0518. The van der Waals surface area contributed by atoms with Crippen molar-refractivity contribution in [3.8, 4) is 0 Å². The van der Waals surface area contributed by atoms with Crippen molar-refractivity contribution in [3.05, 3.63) is 18.2 Å². The zero-order valence-electron chi connectivity index (χ0n) is 9.33. The van der Waals surface area contributed by atoms with Crippen LogP contribution in [0.1, 0.15) is 30.4 Å². The molecule has 1 aromatic heterocycles. The zero-order valence-corrected chi connectivity index (χ0v) is 9.33. The predicted octanol–water partition coefficient (Wildman–Crippen LogP) is -0.0260. The van der Waals surface area contributed by atoms with Gasteiger partial charge in [0.15, 0.2) is 5.69 Å². The van der Waals surface area contributed by atoms with E-state index >= 15 is 0 Å². The van der Waals surface area contributed by atoms with Crippen LogP contribution in [-0.2, 0) is 4.74 Å². The molecule has 0 saturated carbocycles. The van der Waals surface area contributed by atoms with Gasteiger partial charge in [-0.2, -0.15) is 0 Å². The third-order valence-corrected chi connectivity index (χ3v) is 2.21. The van der Waals surface area contributed by atoms with Gasteiger partial charge in [0.2, 0.25) is 0 Å². The first-order valence-electron chi connectivity index (χ1n) is 5.09. The summed E-state index contributed by atoms with van der Waals surface area (Å²) in [6.45, 7) is 3.33. The minimum atomic E-state index is -0.728. The quantitative estimate of drug-likeness (QED) is 0.691. The Kier molecular flexibility index (Phi) is 4.45. The second kappa shape index (κ2) is 5.62. The molecule has 6 heteroatoms. The molecule has 0 unspecified atom stereocenters. The fourth-order valence-corrected chi connectivity index (χ4v) is 1.32. The van der Waals surface area contributed by atoms with Crippen molar-refractivity contribution in [2.75, 3.05) is 13.2 Å². The number of hydrogen-bond donors (Lipinski definition) is 2. The second-order valence-electron chi connectivity index (χ2n) is 3.42. The molecule has 0 aliphatic heterocycles. The van der Waals surface area contributed by atoms with Crippen LogP contribution >= 0.6 is 0 Å². The Balaban J connectivity index is 2.81. The van der Waals surface area contributed by atoms with E-state index in [1.807, 2.05) is 0 Å². The molecule has 0 aliphatic carbocycles. The summed E-state index contributed by atoms with van der Waals surface area (Å²) in [6.07, 6.45) is 2.11. The molecule has 0 spiro atoms. The van der Waals surface area contributed by atoms with Gasteiger partial charge in [-0.05, 0) is 13.8 Å². The van der Waals surface area contributed by atoms with Gasteiger partial charge in [-0.1, -0.05) is 0 Å². The highest BCUT2D eigenvalue weighted by atomic mass is 16.5. The Morgan fingerprint density at radius 3 is 2.88 bits per heavy atom. The summed E-state index contributed by atoms with van der Waals surface area (Å²) in [5, 5.41) is 18.5. The molecule has 0 radical (unpaired) electrons. The number of aromatic nitrogens is 2. The topological polar surface area (TPSA) is 84.6 Å². The summed E-state index contributed by atoms with van der Waals surface area (Å²) < 4.78 is 6.27. The number of esters is 1. The molecule has 1 heterocycles. The van der Waals surface area contributed by atoms with Crippen LogP contribution in [0.2, 0.25) is 0 Å². The SMILES string of the molecule is CCOC(=O)c1cn([C@H](CO)[C@H](C)O)cn1. The first-order chi connectivity index (χ1) is 7.60.